The molecule has 1 aromatic carbocycles. The van der Waals surface area contributed by atoms with Crippen LogP contribution in [0.5, 0.6) is 0 Å². The van der Waals surface area contributed by atoms with Crippen molar-refractivity contribution in [1.82, 2.24) is 4.90 Å². The summed E-state index contributed by atoms with van der Waals surface area (Å²) in [5.74, 6) is -0.982. The van der Waals surface area contributed by atoms with Crippen LogP contribution in [-0.4, -0.2) is 51.8 Å². The zero-order chi connectivity index (χ0) is 17.6. The number of rotatable bonds is 9. The molecule has 7 heteroatoms. The smallest absolute Gasteiger partial charge is 0.451 e. The van der Waals surface area contributed by atoms with E-state index in [1.165, 1.54) is 11.1 Å². The molecule has 0 fully saturated rings. The SMILES string of the molecule is NC(CCCCB(O)O)(CCN1CCc2ccccc2C1)C(=O)O. The second-order valence-electron chi connectivity index (χ2n) is 6.73. The fourth-order valence-electron chi connectivity index (χ4n) is 3.21. The maximum absolute atomic E-state index is 11.6. The molecule has 0 aromatic heterocycles. The van der Waals surface area contributed by atoms with E-state index < -0.39 is 18.6 Å². The van der Waals surface area contributed by atoms with Crippen molar-refractivity contribution < 1.29 is 19.9 Å². The van der Waals surface area contributed by atoms with E-state index in [1.54, 1.807) is 0 Å². The van der Waals surface area contributed by atoms with Gasteiger partial charge in [-0.3, -0.25) is 9.69 Å². The quantitative estimate of drug-likeness (QED) is 0.394. The van der Waals surface area contributed by atoms with E-state index in [-0.39, 0.29) is 6.32 Å². The number of benzene rings is 1. The predicted molar refractivity (Wildman–Crippen MR) is 93.4 cm³/mol. The highest BCUT2D eigenvalue weighted by atomic mass is 16.4. The van der Waals surface area contributed by atoms with E-state index in [0.29, 0.717) is 32.2 Å². The molecular weight excluding hydrogens is 307 g/mol. The normalized spacial score (nSPS) is 17.1. The van der Waals surface area contributed by atoms with E-state index in [2.05, 4.69) is 17.0 Å². The summed E-state index contributed by atoms with van der Waals surface area (Å²) in [5, 5.41) is 27.2. The minimum Gasteiger partial charge on any atom is -0.480 e. The van der Waals surface area contributed by atoms with Gasteiger partial charge in [0.25, 0.3) is 0 Å². The van der Waals surface area contributed by atoms with Gasteiger partial charge in [0, 0.05) is 19.6 Å². The molecule has 0 amide bonds. The summed E-state index contributed by atoms with van der Waals surface area (Å²) < 4.78 is 0. The lowest BCUT2D eigenvalue weighted by Gasteiger charge is -2.32. The van der Waals surface area contributed by atoms with Crippen LogP contribution in [-0.2, 0) is 17.8 Å². The van der Waals surface area contributed by atoms with Crippen LogP contribution in [0, 0.1) is 0 Å². The summed E-state index contributed by atoms with van der Waals surface area (Å²) in [6, 6.07) is 8.34. The minimum absolute atomic E-state index is 0.249. The van der Waals surface area contributed by atoms with Crippen LogP contribution in [0.3, 0.4) is 0 Å². The van der Waals surface area contributed by atoms with Gasteiger partial charge < -0.3 is 20.9 Å². The third kappa shape index (κ3) is 5.31. The Kier molecular flexibility index (Phi) is 6.80. The van der Waals surface area contributed by atoms with Crippen molar-refractivity contribution >= 4 is 13.1 Å². The predicted octanol–water partition coefficient (Wildman–Crippen LogP) is 0.860. The zero-order valence-corrected chi connectivity index (χ0v) is 14.0. The Bertz CT molecular complexity index is 555. The zero-order valence-electron chi connectivity index (χ0n) is 14.0. The van der Waals surface area contributed by atoms with Crippen LogP contribution in [0.1, 0.15) is 36.8 Å². The van der Waals surface area contributed by atoms with Gasteiger partial charge >= 0.3 is 13.1 Å². The number of unbranched alkanes of at least 4 members (excludes halogenated alkanes) is 1. The molecule has 0 saturated heterocycles. The van der Waals surface area contributed by atoms with Gasteiger partial charge in [0.1, 0.15) is 5.54 Å². The van der Waals surface area contributed by atoms with Crippen LogP contribution in [0.4, 0.5) is 0 Å². The number of hydrogen-bond acceptors (Lipinski definition) is 5. The molecule has 5 N–H and O–H groups in total. The highest BCUT2D eigenvalue weighted by Gasteiger charge is 2.34. The number of hydrogen-bond donors (Lipinski definition) is 4. The van der Waals surface area contributed by atoms with Crippen molar-refractivity contribution in [3.63, 3.8) is 0 Å². The van der Waals surface area contributed by atoms with Crippen molar-refractivity contribution in [2.75, 3.05) is 13.1 Å². The molecular formula is C17H27BN2O4. The van der Waals surface area contributed by atoms with Gasteiger partial charge in [0.05, 0.1) is 0 Å². The Balaban J connectivity index is 1.84. The van der Waals surface area contributed by atoms with Crippen molar-refractivity contribution in [3.05, 3.63) is 35.4 Å². The highest BCUT2D eigenvalue weighted by Crippen LogP contribution is 2.22. The molecule has 1 aliphatic heterocycles. The van der Waals surface area contributed by atoms with Gasteiger partial charge in [-0.05, 0) is 36.7 Å². The minimum atomic E-state index is -1.34. The Hall–Kier alpha value is -1.41. The van der Waals surface area contributed by atoms with Gasteiger partial charge in [-0.15, -0.1) is 0 Å². The van der Waals surface area contributed by atoms with Crippen LogP contribution < -0.4 is 5.73 Å². The highest BCUT2D eigenvalue weighted by molar-refractivity contribution is 6.40. The van der Waals surface area contributed by atoms with Crippen molar-refractivity contribution in [2.24, 2.45) is 5.73 Å². The van der Waals surface area contributed by atoms with E-state index in [4.69, 9.17) is 15.8 Å². The summed E-state index contributed by atoms with van der Waals surface area (Å²) >= 11 is 0. The van der Waals surface area contributed by atoms with E-state index in [0.717, 1.165) is 19.5 Å². The number of fused-ring (bicyclic) bond motifs is 1. The maximum Gasteiger partial charge on any atom is 0.451 e. The van der Waals surface area contributed by atoms with Gasteiger partial charge in [-0.1, -0.05) is 37.1 Å². The molecule has 0 saturated carbocycles. The summed E-state index contributed by atoms with van der Waals surface area (Å²) in [6.07, 6.45) is 3.10. The van der Waals surface area contributed by atoms with Crippen LogP contribution in [0.2, 0.25) is 6.32 Å². The summed E-state index contributed by atoms with van der Waals surface area (Å²) in [4.78, 5) is 13.8. The number of nitrogens with zero attached hydrogens (tertiary/aromatic N) is 1. The molecule has 2 rings (SSSR count). The first-order valence-electron chi connectivity index (χ1n) is 8.58. The monoisotopic (exact) mass is 334 g/mol. The summed E-state index contributed by atoms with van der Waals surface area (Å²) in [6.45, 7) is 2.41. The Labute approximate surface area is 143 Å². The van der Waals surface area contributed by atoms with E-state index in [1.807, 2.05) is 12.1 Å². The molecule has 1 unspecified atom stereocenters. The standard InChI is InChI=1S/C17H27BN2O4/c19-17(16(21)22,8-3-4-10-18(23)24)9-12-20-11-7-14-5-1-2-6-15(14)13-20/h1-2,5-6,23-24H,3-4,7-13,19H2,(H,21,22). The first-order chi connectivity index (χ1) is 11.4. The molecule has 1 heterocycles. The molecule has 6 nitrogen and oxygen atoms in total. The summed E-state index contributed by atoms with van der Waals surface area (Å²) in [7, 11) is -1.34. The number of carboxylic acids is 1. The first-order valence-corrected chi connectivity index (χ1v) is 8.58. The third-order valence-corrected chi connectivity index (χ3v) is 4.84. The Morgan fingerprint density at radius 1 is 1.21 bits per heavy atom. The second-order valence-corrected chi connectivity index (χ2v) is 6.73. The first kappa shape index (κ1) is 18.9. The van der Waals surface area contributed by atoms with Crippen LogP contribution >= 0.6 is 0 Å². The second kappa shape index (κ2) is 8.62. The molecule has 1 aliphatic rings. The molecule has 1 atom stereocenters. The molecule has 24 heavy (non-hydrogen) atoms. The molecule has 0 bridgehead atoms. The molecule has 0 aliphatic carbocycles. The van der Waals surface area contributed by atoms with Gasteiger partial charge in [-0.2, -0.15) is 0 Å². The van der Waals surface area contributed by atoms with E-state index >= 15 is 0 Å². The third-order valence-electron chi connectivity index (χ3n) is 4.84. The lowest BCUT2D eigenvalue weighted by atomic mass is 9.81. The van der Waals surface area contributed by atoms with Crippen molar-refractivity contribution in [3.8, 4) is 0 Å². The maximum atomic E-state index is 11.6. The molecule has 132 valence electrons. The Morgan fingerprint density at radius 2 is 1.92 bits per heavy atom. The fraction of sp³-hybridized carbons (Fsp3) is 0.588. The lowest BCUT2D eigenvalue weighted by Crippen LogP contribution is -2.50. The lowest BCUT2D eigenvalue weighted by molar-refractivity contribution is -0.144. The van der Waals surface area contributed by atoms with Crippen LogP contribution in [0.15, 0.2) is 24.3 Å². The van der Waals surface area contributed by atoms with Gasteiger partial charge in [0.15, 0.2) is 0 Å². The number of carboxylic acid groups (broad SMARTS) is 1. The topological polar surface area (TPSA) is 107 Å². The van der Waals surface area contributed by atoms with Gasteiger partial charge in [0.2, 0.25) is 0 Å². The Morgan fingerprint density at radius 3 is 2.58 bits per heavy atom. The van der Waals surface area contributed by atoms with Gasteiger partial charge in [-0.25, -0.2) is 0 Å². The fourth-order valence-corrected chi connectivity index (χ4v) is 3.21. The average Bonchev–Trinajstić information content (AvgIpc) is 2.56. The molecule has 1 aromatic rings. The van der Waals surface area contributed by atoms with E-state index in [9.17, 15) is 9.90 Å². The number of carbonyl (C=O) groups is 1. The number of nitrogens with two attached hydrogens (primary N) is 1. The number of aliphatic carboxylic acids is 1. The van der Waals surface area contributed by atoms with Crippen molar-refractivity contribution in [2.45, 2.75) is 50.5 Å². The van der Waals surface area contributed by atoms with Crippen molar-refractivity contribution in [1.29, 1.82) is 0 Å². The largest absolute Gasteiger partial charge is 0.480 e. The summed E-state index contributed by atoms with van der Waals surface area (Å²) in [5.41, 5.74) is 7.54. The average molecular weight is 334 g/mol. The molecule has 0 radical (unpaired) electrons. The van der Waals surface area contributed by atoms with Crippen LogP contribution in [0.25, 0.3) is 0 Å². The molecule has 0 spiro atoms.